The number of sulfonamides is 1. The fourth-order valence-electron chi connectivity index (χ4n) is 4.40. The summed E-state index contributed by atoms with van der Waals surface area (Å²) in [5, 5.41) is 2.92. The molecule has 2 fully saturated rings. The minimum absolute atomic E-state index is 0.137. The van der Waals surface area contributed by atoms with Crippen LogP contribution in [-0.4, -0.2) is 76.0 Å². The summed E-state index contributed by atoms with van der Waals surface area (Å²) in [5.74, 6) is -0.137. The largest absolute Gasteiger partial charge is 0.378 e. The molecule has 2 saturated heterocycles. The van der Waals surface area contributed by atoms with Crippen molar-refractivity contribution in [2.24, 2.45) is 0 Å². The topological polar surface area (TPSA) is 82.2 Å². The van der Waals surface area contributed by atoms with Gasteiger partial charge in [0.2, 0.25) is 15.9 Å². The molecule has 0 saturated carbocycles. The van der Waals surface area contributed by atoms with Crippen molar-refractivity contribution in [3.8, 4) is 0 Å². The summed E-state index contributed by atoms with van der Waals surface area (Å²) in [6, 6.07) is 14.4. The molecule has 2 aliphatic heterocycles. The number of likely N-dealkylation sites (N-methyl/N-ethyl adjacent to an activating group) is 1. The third-order valence-electron chi connectivity index (χ3n) is 6.63. The van der Waals surface area contributed by atoms with Crippen molar-refractivity contribution >= 4 is 27.3 Å². The Hall–Kier alpha value is -2.46. The summed E-state index contributed by atoms with van der Waals surface area (Å²) in [7, 11) is -1.52. The Morgan fingerprint density at radius 1 is 1.03 bits per heavy atom. The molecular formula is C25H34N4O4S. The average Bonchev–Trinajstić information content (AvgIpc) is 3.41. The van der Waals surface area contributed by atoms with Crippen LogP contribution in [0.5, 0.6) is 0 Å². The SMILES string of the molecule is C[C@H](C(=O)Nc1ccc(S(=O)(=O)N2CCCC2)cc1)N(C)Cc1ccccc1N1CCOCC1. The molecule has 2 heterocycles. The highest BCUT2D eigenvalue weighted by Crippen LogP contribution is 2.24. The summed E-state index contributed by atoms with van der Waals surface area (Å²) < 4.78 is 32.4. The second-order valence-electron chi connectivity index (χ2n) is 8.94. The first-order valence-corrected chi connectivity index (χ1v) is 13.3. The monoisotopic (exact) mass is 486 g/mol. The Morgan fingerprint density at radius 3 is 2.35 bits per heavy atom. The van der Waals surface area contributed by atoms with E-state index in [0.29, 0.717) is 25.3 Å². The highest BCUT2D eigenvalue weighted by molar-refractivity contribution is 7.89. The Labute approximate surface area is 202 Å². The molecule has 1 atom stereocenters. The van der Waals surface area contributed by atoms with Gasteiger partial charge < -0.3 is 15.0 Å². The van der Waals surface area contributed by atoms with Gasteiger partial charge in [-0.1, -0.05) is 18.2 Å². The molecule has 34 heavy (non-hydrogen) atoms. The zero-order chi connectivity index (χ0) is 24.1. The van der Waals surface area contributed by atoms with Crippen LogP contribution in [0.3, 0.4) is 0 Å². The van der Waals surface area contributed by atoms with Crippen molar-refractivity contribution in [2.75, 3.05) is 56.7 Å². The minimum atomic E-state index is -3.46. The van der Waals surface area contributed by atoms with Gasteiger partial charge in [-0.25, -0.2) is 8.42 Å². The minimum Gasteiger partial charge on any atom is -0.378 e. The second-order valence-corrected chi connectivity index (χ2v) is 10.9. The number of para-hydroxylation sites is 1. The third-order valence-corrected chi connectivity index (χ3v) is 8.54. The van der Waals surface area contributed by atoms with Crippen LogP contribution >= 0.6 is 0 Å². The fourth-order valence-corrected chi connectivity index (χ4v) is 5.91. The number of hydrogen-bond acceptors (Lipinski definition) is 6. The van der Waals surface area contributed by atoms with Crippen LogP contribution < -0.4 is 10.2 Å². The summed E-state index contributed by atoms with van der Waals surface area (Å²) in [6.07, 6.45) is 1.80. The van der Waals surface area contributed by atoms with Crippen molar-refractivity contribution in [1.29, 1.82) is 0 Å². The average molecular weight is 487 g/mol. The van der Waals surface area contributed by atoms with Crippen molar-refractivity contribution in [3.63, 3.8) is 0 Å². The first-order valence-electron chi connectivity index (χ1n) is 11.9. The van der Waals surface area contributed by atoms with Gasteiger partial charge in [-0.2, -0.15) is 4.31 Å². The van der Waals surface area contributed by atoms with E-state index < -0.39 is 10.0 Å². The van der Waals surface area contributed by atoms with Gasteiger partial charge in [0.1, 0.15) is 0 Å². The molecule has 2 aliphatic rings. The first kappa shape index (κ1) is 24.7. The maximum Gasteiger partial charge on any atom is 0.243 e. The molecule has 2 aromatic carbocycles. The molecule has 0 aliphatic carbocycles. The summed E-state index contributed by atoms with van der Waals surface area (Å²) in [6.45, 7) is 6.81. The van der Waals surface area contributed by atoms with Gasteiger partial charge in [0.15, 0.2) is 0 Å². The van der Waals surface area contributed by atoms with E-state index in [-0.39, 0.29) is 16.8 Å². The van der Waals surface area contributed by atoms with Crippen LogP contribution in [-0.2, 0) is 26.1 Å². The number of ether oxygens (including phenoxy) is 1. The highest BCUT2D eigenvalue weighted by atomic mass is 32.2. The Kier molecular flexibility index (Phi) is 7.88. The van der Waals surface area contributed by atoms with E-state index in [4.69, 9.17) is 4.74 Å². The van der Waals surface area contributed by atoms with E-state index in [9.17, 15) is 13.2 Å². The molecule has 0 bridgehead atoms. The zero-order valence-electron chi connectivity index (χ0n) is 19.9. The van der Waals surface area contributed by atoms with Crippen LogP contribution in [0.15, 0.2) is 53.4 Å². The number of anilines is 2. The number of carbonyl (C=O) groups excluding carboxylic acids is 1. The zero-order valence-corrected chi connectivity index (χ0v) is 20.8. The molecule has 184 valence electrons. The number of carbonyl (C=O) groups is 1. The standard InChI is InChI=1S/C25H34N4O4S/c1-20(27(2)19-21-7-3-4-8-24(21)28-15-17-33-18-16-28)25(30)26-22-9-11-23(12-10-22)34(31,32)29-13-5-6-14-29/h3-4,7-12,20H,5-6,13-19H2,1-2H3,(H,26,30)/t20-/m1/s1. The van der Waals surface area contributed by atoms with Crippen LogP contribution in [0.1, 0.15) is 25.3 Å². The molecule has 1 amide bonds. The Bertz CT molecular complexity index is 1080. The number of amides is 1. The third kappa shape index (κ3) is 5.60. The van der Waals surface area contributed by atoms with E-state index in [1.807, 2.05) is 31.0 Å². The number of hydrogen-bond donors (Lipinski definition) is 1. The molecule has 0 unspecified atom stereocenters. The summed E-state index contributed by atoms with van der Waals surface area (Å²) in [4.78, 5) is 17.5. The van der Waals surface area contributed by atoms with Crippen molar-refractivity contribution in [1.82, 2.24) is 9.21 Å². The molecule has 4 rings (SSSR count). The second kappa shape index (κ2) is 10.9. The molecule has 2 aromatic rings. The summed E-state index contributed by atoms with van der Waals surface area (Å²) in [5.41, 5.74) is 2.93. The number of morpholine rings is 1. The molecule has 8 nitrogen and oxygen atoms in total. The van der Waals surface area contributed by atoms with E-state index in [1.165, 1.54) is 15.6 Å². The maximum atomic E-state index is 12.9. The van der Waals surface area contributed by atoms with Crippen LogP contribution in [0.2, 0.25) is 0 Å². The van der Waals surface area contributed by atoms with E-state index >= 15 is 0 Å². The smallest absolute Gasteiger partial charge is 0.243 e. The molecule has 0 radical (unpaired) electrons. The van der Waals surface area contributed by atoms with Gasteiger partial charge in [0.25, 0.3) is 0 Å². The van der Waals surface area contributed by atoms with Crippen LogP contribution in [0.4, 0.5) is 11.4 Å². The lowest BCUT2D eigenvalue weighted by Crippen LogP contribution is -2.40. The van der Waals surface area contributed by atoms with E-state index in [0.717, 1.165) is 39.1 Å². The van der Waals surface area contributed by atoms with Crippen LogP contribution in [0.25, 0.3) is 0 Å². The van der Waals surface area contributed by atoms with E-state index in [1.54, 1.807) is 24.3 Å². The van der Waals surface area contributed by atoms with Crippen molar-refractivity contribution < 1.29 is 17.9 Å². The molecule has 9 heteroatoms. The molecule has 0 spiro atoms. The maximum absolute atomic E-state index is 12.9. The number of nitrogens with zero attached hydrogens (tertiary/aromatic N) is 3. The number of nitrogens with one attached hydrogen (secondary N) is 1. The summed E-state index contributed by atoms with van der Waals surface area (Å²) >= 11 is 0. The lowest BCUT2D eigenvalue weighted by atomic mass is 10.1. The van der Waals surface area contributed by atoms with Gasteiger partial charge in [-0.05, 0) is 62.7 Å². The van der Waals surface area contributed by atoms with Gasteiger partial charge in [0, 0.05) is 44.1 Å². The lowest BCUT2D eigenvalue weighted by Gasteiger charge is -2.32. The molecular weight excluding hydrogens is 452 g/mol. The van der Waals surface area contributed by atoms with Gasteiger partial charge in [-0.15, -0.1) is 0 Å². The lowest BCUT2D eigenvalue weighted by molar-refractivity contribution is -0.120. The fraction of sp³-hybridized carbons (Fsp3) is 0.480. The van der Waals surface area contributed by atoms with Gasteiger partial charge >= 0.3 is 0 Å². The predicted molar refractivity (Wildman–Crippen MR) is 133 cm³/mol. The van der Waals surface area contributed by atoms with Crippen molar-refractivity contribution in [3.05, 3.63) is 54.1 Å². The molecule has 1 N–H and O–H groups in total. The number of benzene rings is 2. The van der Waals surface area contributed by atoms with Gasteiger partial charge in [-0.3, -0.25) is 9.69 Å². The van der Waals surface area contributed by atoms with E-state index in [2.05, 4.69) is 22.3 Å². The first-order chi connectivity index (χ1) is 16.4. The Balaban J connectivity index is 1.37. The van der Waals surface area contributed by atoms with Gasteiger partial charge in [0.05, 0.1) is 24.2 Å². The number of rotatable bonds is 8. The Morgan fingerprint density at radius 2 is 1.68 bits per heavy atom. The van der Waals surface area contributed by atoms with Crippen LogP contribution in [0, 0.1) is 0 Å². The predicted octanol–water partition coefficient (Wildman–Crippen LogP) is 2.77. The quantitative estimate of drug-likeness (QED) is 0.618. The normalized spacial score (nSPS) is 18.3. The molecule has 0 aromatic heterocycles. The highest BCUT2D eigenvalue weighted by Gasteiger charge is 2.27. The van der Waals surface area contributed by atoms with Crippen molar-refractivity contribution in [2.45, 2.75) is 37.2 Å².